The molecular formula is C15H23N3O3S. The molecular weight excluding hydrogens is 302 g/mol. The van der Waals surface area contributed by atoms with Gasteiger partial charge < -0.3 is 15.5 Å². The van der Waals surface area contributed by atoms with Crippen molar-refractivity contribution in [1.29, 1.82) is 0 Å². The summed E-state index contributed by atoms with van der Waals surface area (Å²) in [5.74, 6) is -0.181. The molecule has 0 radical (unpaired) electrons. The summed E-state index contributed by atoms with van der Waals surface area (Å²) in [5, 5.41) is 22.5. The van der Waals surface area contributed by atoms with Crippen molar-refractivity contribution in [3.63, 3.8) is 0 Å². The predicted molar refractivity (Wildman–Crippen MR) is 86.5 cm³/mol. The van der Waals surface area contributed by atoms with Crippen LogP contribution in [0, 0.1) is 5.92 Å². The lowest BCUT2D eigenvalue weighted by atomic mass is 9.85. The second-order valence-corrected chi connectivity index (χ2v) is 6.46. The number of anilines is 1. The van der Waals surface area contributed by atoms with Crippen LogP contribution in [0.5, 0.6) is 0 Å². The topological polar surface area (TPSA) is 95.3 Å². The minimum absolute atomic E-state index is 0.0336. The molecule has 0 amide bonds. The van der Waals surface area contributed by atoms with Crippen LogP contribution in [-0.4, -0.2) is 45.1 Å². The number of hydrogen-bond donors (Lipinski definition) is 3. The normalized spacial score (nSPS) is 17.2. The van der Waals surface area contributed by atoms with E-state index in [-0.39, 0.29) is 18.2 Å². The Kier molecular flexibility index (Phi) is 6.45. The van der Waals surface area contributed by atoms with Gasteiger partial charge in [0.25, 0.3) is 0 Å². The highest BCUT2D eigenvalue weighted by atomic mass is 32.2. The van der Waals surface area contributed by atoms with E-state index >= 15 is 0 Å². The molecule has 6 nitrogen and oxygen atoms in total. The zero-order chi connectivity index (χ0) is 15.9. The van der Waals surface area contributed by atoms with Gasteiger partial charge in [-0.1, -0.05) is 43.9 Å². The van der Waals surface area contributed by atoms with Crippen molar-refractivity contribution in [2.75, 3.05) is 18.2 Å². The third-order valence-corrected chi connectivity index (χ3v) is 4.65. The van der Waals surface area contributed by atoms with Crippen LogP contribution < -0.4 is 5.32 Å². The first-order valence-corrected chi connectivity index (χ1v) is 8.88. The number of hydrogen-bond acceptors (Lipinski definition) is 6. The Hall–Kier alpha value is -1.34. The van der Waals surface area contributed by atoms with Crippen LogP contribution in [0.15, 0.2) is 11.4 Å². The van der Waals surface area contributed by atoms with Crippen molar-refractivity contribution in [2.45, 2.75) is 49.7 Å². The molecule has 7 heteroatoms. The van der Waals surface area contributed by atoms with Crippen molar-refractivity contribution >= 4 is 23.5 Å². The van der Waals surface area contributed by atoms with Crippen molar-refractivity contribution in [1.82, 2.24) is 9.97 Å². The summed E-state index contributed by atoms with van der Waals surface area (Å²) in [6.07, 6.45) is 10.1. The molecule has 0 unspecified atom stereocenters. The van der Waals surface area contributed by atoms with E-state index < -0.39 is 5.97 Å². The van der Waals surface area contributed by atoms with Crippen LogP contribution in [0.25, 0.3) is 0 Å². The van der Waals surface area contributed by atoms with Crippen molar-refractivity contribution in [2.24, 2.45) is 5.92 Å². The van der Waals surface area contributed by atoms with Gasteiger partial charge in [-0.15, -0.1) is 0 Å². The molecule has 0 spiro atoms. The first kappa shape index (κ1) is 17.0. The highest BCUT2D eigenvalue weighted by Gasteiger charge is 2.21. The van der Waals surface area contributed by atoms with Crippen LogP contribution in [0.2, 0.25) is 0 Å². The van der Waals surface area contributed by atoms with Crippen molar-refractivity contribution in [3.8, 4) is 0 Å². The Labute approximate surface area is 134 Å². The summed E-state index contributed by atoms with van der Waals surface area (Å²) in [6, 6.07) is -0.175. The van der Waals surface area contributed by atoms with Gasteiger partial charge in [-0.05, 0) is 18.6 Å². The molecule has 1 saturated carbocycles. The lowest BCUT2D eigenvalue weighted by Crippen LogP contribution is -2.29. The second kappa shape index (κ2) is 8.33. The maximum atomic E-state index is 11.3. The van der Waals surface area contributed by atoms with Crippen LogP contribution in [0.4, 0.5) is 5.82 Å². The van der Waals surface area contributed by atoms with E-state index in [1.54, 1.807) is 0 Å². The molecule has 0 bridgehead atoms. The zero-order valence-electron chi connectivity index (χ0n) is 12.8. The highest BCUT2D eigenvalue weighted by molar-refractivity contribution is 7.98. The van der Waals surface area contributed by atoms with E-state index in [1.807, 2.05) is 6.26 Å². The quantitative estimate of drug-likeness (QED) is 0.524. The number of aromatic carboxylic acids is 1. The maximum Gasteiger partial charge on any atom is 0.341 e. The number of carboxylic acid groups (broad SMARTS) is 1. The molecule has 1 aliphatic rings. The SMILES string of the molecule is CSc1ncc(C(=O)O)c(N[C@H](CO)CC2CCCCC2)n1. The molecule has 0 aliphatic heterocycles. The van der Waals surface area contributed by atoms with Gasteiger partial charge in [0.05, 0.1) is 12.6 Å². The number of carboxylic acids is 1. The molecule has 1 aromatic rings. The Morgan fingerprint density at radius 3 is 2.77 bits per heavy atom. The highest BCUT2D eigenvalue weighted by Crippen LogP contribution is 2.28. The van der Waals surface area contributed by atoms with Gasteiger partial charge in [-0.25, -0.2) is 14.8 Å². The Morgan fingerprint density at radius 2 is 2.18 bits per heavy atom. The fourth-order valence-corrected chi connectivity index (χ4v) is 3.27. The fourth-order valence-electron chi connectivity index (χ4n) is 2.93. The maximum absolute atomic E-state index is 11.3. The third-order valence-electron chi connectivity index (χ3n) is 4.08. The van der Waals surface area contributed by atoms with E-state index in [2.05, 4.69) is 15.3 Å². The summed E-state index contributed by atoms with van der Waals surface area (Å²) >= 11 is 1.36. The zero-order valence-corrected chi connectivity index (χ0v) is 13.6. The lowest BCUT2D eigenvalue weighted by Gasteiger charge is -2.26. The summed E-state index contributed by atoms with van der Waals surface area (Å²) in [4.78, 5) is 19.5. The number of thioether (sulfide) groups is 1. The third kappa shape index (κ3) is 4.58. The van der Waals surface area contributed by atoms with Gasteiger partial charge in [-0.2, -0.15) is 0 Å². The number of nitrogens with one attached hydrogen (secondary N) is 1. The van der Waals surface area contributed by atoms with Crippen molar-refractivity contribution in [3.05, 3.63) is 11.8 Å². The smallest absolute Gasteiger partial charge is 0.341 e. The van der Waals surface area contributed by atoms with E-state index in [4.69, 9.17) is 0 Å². The average Bonchev–Trinajstić information content (AvgIpc) is 2.54. The monoisotopic (exact) mass is 325 g/mol. The summed E-state index contributed by atoms with van der Waals surface area (Å²) in [5.41, 5.74) is 0.0416. The molecule has 1 aliphatic carbocycles. The molecule has 122 valence electrons. The van der Waals surface area contributed by atoms with E-state index in [9.17, 15) is 15.0 Å². The minimum atomic E-state index is -1.07. The first-order chi connectivity index (χ1) is 10.6. The number of carbonyl (C=O) groups is 1. The van der Waals surface area contributed by atoms with Crippen molar-refractivity contribution < 1.29 is 15.0 Å². The van der Waals surface area contributed by atoms with Gasteiger partial charge in [0, 0.05) is 6.20 Å². The molecule has 22 heavy (non-hydrogen) atoms. The van der Waals surface area contributed by atoms with Gasteiger partial charge in [0.1, 0.15) is 11.4 Å². The second-order valence-electron chi connectivity index (χ2n) is 5.69. The lowest BCUT2D eigenvalue weighted by molar-refractivity contribution is 0.0696. The Morgan fingerprint density at radius 1 is 1.45 bits per heavy atom. The average molecular weight is 325 g/mol. The Balaban J connectivity index is 2.09. The van der Waals surface area contributed by atoms with Gasteiger partial charge >= 0.3 is 5.97 Å². The summed E-state index contributed by atoms with van der Waals surface area (Å²) in [7, 11) is 0. The molecule has 3 N–H and O–H groups in total. The van der Waals surface area contributed by atoms with Crippen LogP contribution in [0.3, 0.4) is 0 Å². The summed E-state index contributed by atoms with van der Waals surface area (Å²) < 4.78 is 0. The van der Waals surface area contributed by atoms with Gasteiger partial charge in [0.2, 0.25) is 0 Å². The molecule has 1 aromatic heterocycles. The first-order valence-electron chi connectivity index (χ1n) is 7.65. The molecule has 2 rings (SSSR count). The predicted octanol–water partition coefficient (Wildman–Crippen LogP) is 2.64. The molecule has 1 atom stereocenters. The van der Waals surface area contributed by atoms with Crippen LogP contribution in [-0.2, 0) is 0 Å². The van der Waals surface area contributed by atoms with E-state index in [0.29, 0.717) is 16.9 Å². The van der Waals surface area contributed by atoms with Gasteiger partial charge in [-0.3, -0.25) is 0 Å². The van der Waals surface area contributed by atoms with E-state index in [0.717, 1.165) is 6.42 Å². The van der Waals surface area contributed by atoms with E-state index in [1.165, 1.54) is 50.1 Å². The van der Waals surface area contributed by atoms with Gasteiger partial charge in [0.15, 0.2) is 5.16 Å². The number of aromatic nitrogens is 2. The van der Waals surface area contributed by atoms with Crippen LogP contribution in [0.1, 0.15) is 48.9 Å². The number of aliphatic hydroxyl groups excluding tert-OH is 1. The summed E-state index contributed by atoms with van der Waals surface area (Å²) in [6.45, 7) is -0.0336. The number of rotatable bonds is 7. The Bertz CT molecular complexity index is 507. The minimum Gasteiger partial charge on any atom is -0.477 e. The molecule has 0 saturated heterocycles. The molecule has 1 fully saturated rings. The largest absolute Gasteiger partial charge is 0.477 e. The number of nitrogens with zero attached hydrogens (tertiary/aromatic N) is 2. The molecule has 0 aromatic carbocycles. The molecule has 1 heterocycles. The fraction of sp³-hybridized carbons (Fsp3) is 0.667. The number of aliphatic hydroxyl groups is 1. The van der Waals surface area contributed by atoms with Crippen LogP contribution >= 0.6 is 11.8 Å². The standard InChI is InChI=1S/C15H23N3O3S/c1-22-15-16-8-12(14(20)21)13(18-15)17-11(9-19)7-10-5-3-2-4-6-10/h8,10-11,19H,2-7,9H2,1H3,(H,20,21)(H,16,17,18)/t11-/m0/s1.